The second kappa shape index (κ2) is 5.09. The van der Waals surface area contributed by atoms with Crippen molar-refractivity contribution in [2.45, 2.75) is 0 Å². The molecule has 120 valence electrons. The number of hydrogen-bond donors (Lipinski definition) is 1. The van der Waals surface area contributed by atoms with Crippen molar-refractivity contribution in [3.63, 3.8) is 0 Å². The second-order valence-electron chi connectivity index (χ2n) is 5.34. The van der Waals surface area contributed by atoms with Gasteiger partial charge in [-0.1, -0.05) is 0 Å². The van der Waals surface area contributed by atoms with Gasteiger partial charge >= 0.3 is 5.97 Å². The highest BCUT2D eigenvalue weighted by Gasteiger charge is 2.37. The zero-order valence-corrected chi connectivity index (χ0v) is 12.3. The summed E-state index contributed by atoms with van der Waals surface area (Å²) < 4.78 is 10.9. The lowest BCUT2D eigenvalue weighted by molar-refractivity contribution is 0.0696. The van der Waals surface area contributed by atoms with Gasteiger partial charge in [-0.05, 0) is 30.3 Å². The van der Waals surface area contributed by atoms with Crippen LogP contribution in [0, 0.1) is 0 Å². The van der Waals surface area contributed by atoms with Crippen LogP contribution in [0.3, 0.4) is 0 Å². The topological polar surface area (TPSA) is 93.1 Å². The number of hydrogen-bond acceptors (Lipinski definition) is 5. The average Bonchev–Trinajstić information content (AvgIpc) is 2.85. The maximum absolute atomic E-state index is 12.6. The molecule has 1 N–H and O–H groups in total. The van der Waals surface area contributed by atoms with Gasteiger partial charge in [0.05, 0.1) is 22.4 Å². The molecule has 0 saturated heterocycles. The number of carbonyl (C=O) groups is 3. The number of carbonyl (C=O) groups excluding carboxylic acids is 2. The number of fused-ring (bicyclic) bond motifs is 2. The molecule has 7 nitrogen and oxygen atoms in total. The Morgan fingerprint density at radius 2 is 1.62 bits per heavy atom. The molecule has 24 heavy (non-hydrogen) atoms. The van der Waals surface area contributed by atoms with E-state index in [4.69, 9.17) is 14.6 Å². The van der Waals surface area contributed by atoms with Gasteiger partial charge in [0.1, 0.15) is 13.2 Å². The van der Waals surface area contributed by atoms with Gasteiger partial charge in [-0.2, -0.15) is 0 Å². The quantitative estimate of drug-likeness (QED) is 0.848. The predicted molar refractivity (Wildman–Crippen MR) is 82.0 cm³/mol. The molecule has 2 aromatic carbocycles. The summed E-state index contributed by atoms with van der Waals surface area (Å²) in [7, 11) is 0. The molecule has 0 bridgehead atoms. The highest BCUT2D eigenvalue weighted by Crippen LogP contribution is 2.36. The van der Waals surface area contributed by atoms with Crippen molar-refractivity contribution in [2.75, 3.05) is 18.1 Å². The van der Waals surface area contributed by atoms with Gasteiger partial charge < -0.3 is 14.6 Å². The molecular formula is C17H11NO6. The third-order valence-corrected chi connectivity index (χ3v) is 3.92. The Balaban J connectivity index is 1.76. The van der Waals surface area contributed by atoms with Crippen LogP contribution in [0.5, 0.6) is 11.5 Å². The zero-order chi connectivity index (χ0) is 16.8. The van der Waals surface area contributed by atoms with Gasteiger partial charge in [0, 0.05) is 6.07 Å². The summed E-state index contributed by atoms with van der Waals surface area (Å²) in [5.74, 6) is -1.20. The van der Waals surface area contributed by atoms with Crippen LogP contribution in [0.25, 0.3) is 0 Å². The molecule has 2 aliphatic rings. The number of ether oxygens (including phenoxy) is 2. The molecule has 2 aliphatic heterocycles. The van der Waals surface area contributed by atoms with Crippen molar-refractivity contribution in [2.24, 2.45) is 0 Å². The Kier molecular flexibility index (Phi) is 3.02. The van der Waals surface area contributed by atoms with Crippen molar-refractivity contribution in [3.8, 4) is 11.5 Å². The summed E-state index contributed by atoms with van der Waals surface area (Å²) in [6, 6.07) is 8.67. The first-order valence-electron chi connectivity index (χ1n) is 7.22. The fourth-order valence-corrected chi connectivity index (χ4v) is 2.78. The van der Waals surface area contributed by atoms with Crippen molar-refractivity contribution >= 4 is 23.5 Å². The summed E-state index contributed by atoms with van der Waals surface area (Å²) in [5, 5.41) is 9.04. The van der Waals surface area contributed by atoms with Crippen LogP contribution in [0.1, 0.15) is 31.1 Å². The van der Waals surface area contributed by atoms with E-state index in [-0.39, 0.29) is 16.7 Å². The van der Waals surface area contributed by atoms with E-state index >= 15 is 0 Å². The van der Waals surface area contributed by atoms with Crippen molar-refractivity contribution in [1.29, 1.82) is 0 Å². The number of nitrogens with zero attached hydrogens (tertiary/aromatic N) is 1. The summed E-state index contributed by atoms with van der Waals surface area (Å²) in [6.45, 7) is 0.831. The molecule has 0 fully saturated rings. The Labute approximate surface area is 136 Å². The summed E-state index contributed by atoms with van der Waals surface area (Å²) >= 11 is 0. The Morgan fingerprint density at radius 1 is 0.917 bits per heavy atom. The van der Waals surface area contributed by atoms with Crippen molar-refractivity contribution < 1.29 is 29.0 Å². The molecule has 0 aromatic heterocycles. The van der Waals surface area contributed by atoms with Gasteiger partial charge in [0.25, 0.3) is 11.8 Å². The van der Waals surface area contributed by atoms with E-state index in [1.165, 1.54) is 18.2 Å². The molecule has 0 unspecified atom stereocenters. The third-order valence-electron chi connectivity index (χ3n) is 3.92. The van der Waals surface area contributed by atoms with E-state index in [1.54, 1.807) is 18.2 Å². The number of carboxylic acid groups (broad SMARTS) is 1. The molecule has 4 rings (SSSR count). The molecule has 7 heteroatoms. The first kappa shape index (κ1) is 14.3. The molecule has 0 atom stereocenters. The Bertz CT molecular complexity index is 904. The van der Waals surface area contributed by atoms with Gasteiger partial charge in [0.15, 0.2) is 11.5 Å². The Hall–Kier alpha value is -3.35. The number of anilines is 1. The lowest BCUT2D eigenvalue weighted by Crippen LogP contribution is -2.29. The zero-order valence-electron chi connectivity index (χ0n) is 12.3. The molecule has 0 radical (unpaired) electrons. The largest absolute Gasteiger partial charge is 0.486 e. The van der Waals surface area contributed by atoms with Crippen LogP contribution in [-0.4, -0.2) is 36.1 Å². The van der Waals surface area contributed by atoms with Crippen LogP contribution >= 0.6 is 0 Å². The molecule has 0 spiro atoms. The highest BCUT2D eigenvalue weighted by molar-refractivity contribution is 6.34. The van der Waals surface area contributed by atoms with Crippen LogP contribution in [0.15, 0.2) is 36.4 Å². The van der Waals surface area contributed by atoms with E-state index in [0.717, 1.165) is 4.90 Å². The minimum atomic E-state index is -1.16. The number of benzene rings is 2. The monoisotopic (exact) mass is 325 g/mol. The normalized spacial score (nSPS) is 15.4. The van der Waals surface area contributed by atoms with Crippen LogP contribution in [-0.2, 0) is 0 Å². The predicted octanol–water partition coefficient (Wildman–Crippen LogP) is 1.96. The molecular weight excluding hydrogens is 314 g/mol. The summed E-state index contributed by atoms with van der Waals surface area (Å²) in [4.78, 5) is 37.2. The van der Waals surface area contributed by atoms with E-state index in [0.29, 0.717) is 30.4 Å². The maximum Gasteiger partial charge on any atom is 0.335 e. The van der Waals surface area contributed by atoms with E-state index in [1.807, 2.05) is 0 Å². The lowest BCUT2D eigenvalue weighted by Gasteiger charge is -2.21. The molecule has 0 aliphatic carbocycles. The molecule has 2 heterocycles. The van der Waals surface area contributed by atoms with Crippen LogP contribution in [0.4, 0.5) is 5.69 Å². The van der Waals surface area contributed by atoms with E-state index < -0.39 is 17.8 Å². The van der Waals surface area contributed by atoms with E-state index in [9.17, 15) is 14.4 Å². The van der Waals surface area contributed by atoms with Gasteiger partial charge in [-0.15, -0.1) is 0 Å². The van der Waals surface area contributed by atoms with Crippen LogP contribution in [0.2, 0.25) is 0 Å². The number of imide groups is 1. The molecule has 2 amide bonds. The number of carboxylic acids is 1. The standard InChI is InChI=1S/C17H11NO6/c19-15-11-3-1-9(17(21)22)7-12(11)16(20)18(15)10-2-4-13-14(8-10)24-6-5-23-13/h1-4,7-8H,5-6H2,(H,21,22). The summed E-state index contributed by atoms with van der Waals surface area (Å²) in [5.41, 5.74) is 0.566. The Morgan fingerprint density at radius 3 is 2.38 bits per heavy atom. The fraction of sp³-hybridized carbons (Fsp3) is 0.118. The van der Waals surface area contributed by atoms with E-state index in [2.05, 4.69) is 0 Å². The van der Waals surface area contributed by atoms with Gasteiger partial charge in [-0.3, -0.25) is 9.59 Å². The minimum Gasteiger partial charge on any atom is -0.486 e. The first-order valence-corrected chi connectivity index (χ1v) is 7.22. The summed E-state index contributed by atoms with van der Waals surface area (Å²) in [6.07, 6.45) is 0. The minimum absolute atomic E-state index is 0.0427. The third kappa shape index (κ3) is 2.02. The van der Waals surface area contributed by atoms with Gasteiger partial charge in [-0.25, -0.2) is 9.69 Å². The first-order chi connectivity index (χ1) is 11.6. The molecule has 0 saturated carbocycles. The van der Waals surface area contributed by atoms with Crippen molar-refractivity contribution in [3.05, 3.63) is 53.1 Å². The van der Waals surface area contributed by atoms with Gasteiger partial charge in [0.2, 0.25) is 0 Å². The highest BCUT2D eigenvalue weighted by atomic mass is 16.6. The lowest BCUT2D eigenvalue weighted by atomic mass is 10.1. The average molecular weight is 325 g/mol. The number of aromatic carboxylic acids is 1. The smallest absolute Gasteiger partial charge is 0.335 e. The number of rotatable bonds is 2. The SMILES string of the molecule is O=C(O)c1ccc2c(c1)C(=O)N(c1ccc3c(c1)OCCO3)C2=O. The van der Waals surface area contributed by atoms with Crippen LogP contribution < -0.4 is 14.4 Å². The molecule has 2 aromatic rings. The maximum atomic E-state index is 12.6. The van der Waals surface area contributed by atoms with Crippen molar-refractivity contribution in [1.82, 2.24) is 0 Å². The fourth-order valence-electron chi connectivity index (χ4n) is 2.78. The second-order valence-corrected chi connectivity index (χ2v) is 5.34. The number of amides is 2.